The lowest BCUT2D eigenvalue weighted by molar-refractivity contribution is -0.121. The average Bonchev–Trinajstić information content (AvgIpc) is 2.29. The van der Waals surface area contributed by atoms with Crippen LogP contribution in [0, 0.1) is 0 Å². The fourth-order valence-electron chi connectivity index (χ4n) is 1.79. The Hall–Kier alpha value is -0.650. The number of hydrazine groups is 1. The van der Waals surface area contributed by atoms with Crippen molar-refractivity contribution in [3.05, 3.63) is 0 Å². The van der Waals surface area contributed by atoms with Gasteiger partial charge in [0.15, 0.2) is 0 Å². The van der Waals surface area contributed by atoms with Crippen LogP contribution in [0.1, 0.15) is 25.7 Å². The van der Waals surface area contributed by atoms with Crippen LogP contribution in [0.15, 0.2) is 0 Å². The first-order valence-electron chi connectivity index (χ1n) is 5.68. The number of nitrogens with zero attached hydrogens (tertiary/aromatic N) is 1. The Kier molecular flexibility index (Phi) is 5.60. The third-order valence-corrected chi connectivity index (χ3v) is 2.72. The minimum atomic E-state index is 0.0370. The summed E-state index contributed by atoms with van der Waals surface area (Å²) in [5.74, 6) is 0.0370. The largest absolute Gasteiger partial charge is 0.359 e. The number of nitrogens with two attached hydrogens (primary N) is 1. The molecular weight excluding hydrogens is 192 g/mol. The summed E-state index contributed by atoms with van der Waals surface area (Å²) in [4.78, 5) is 11.2. The van der Waals surface area contributed by atoms with Crippen LogP contribution in [-0.2, 0) is 4.79 Å². The summed E-state index contributed by atoms with van der Waals surface area (Å²) < 4.78 is 0. The minimum Gasteiger partial charge on any atom is -0.359 e. The Bertz CT molecular complexity index is 192. The first-order valence-corrected chi connectivity index (χ1v) is 5.68. The third kappa shape index (κ3) is 4.59. The van der Waals surface area contributed by atoms with Crippen LogP contribution in [0.2, 0.25) is 0 Å². The molecule has 1 heterocycles. The van der Waals surface area contributed by atoms with Gasteiger partial charge in [-0.3, -0.25) is 10.2 Å². The number of piperidine rings is 1. The molecule has 1 unspecified atom stereocenters. The van der Waals surface area contributed by atoms with Gasteiger partial charge >= 0.3 is 0 Å². The molecule has 4 N–H and O–H groups in total. The summed E-state index contributed by atoms with van der Waals surface area (Å²) >= 11 is 0. The van der Waals surface area contributed by atoms with E-state index in [4.69, 9.17) is 5.73 Å². The number of carbonyl (C=O) groups is 1. The first-order chi connectivity index (χ1) is 7.26. The molecule has 1 amide bonds. The molecule has 0 saturated carbocycles. The number of rotatable bonds is 5. The Morgan fingerprint density at radius 3 is 2.60 bits per heavy atom. The lowest BCUT2D eigenvalue weighted by Crippen LogP contribution is -2.51. The van der Waals surface area contributed by atoms with Gasteiger partial charge in [-0.1, -0.05) is 6.42 Å². The van der Waals surface area contributed by atoms with Crippen molar-refractivity contribution < 1.29 is 4.79 Å². The predicted molar refractivity (Wildman–Crippen MR) is 60.1 cm³/mol. The predicted octanol–water partition coefficient (Wildman–Crippen LogP) is -0.560. The summed E-state index contributed by atoms with van der Waals surface area (Å²) in [5.41, 5.74) is 8.94. The Labute approximate surface area is 91.3 Å². The van der Waals surface area contributed by atoms with Crippen molar-refractivity contribution in [3.63, 3.8) is 0 Å². The van der Waals surface area contributed by atoms with Crippen molar-refractivity contribution in [2.24, 2.45) is 5.73 Å². The molecule has 0 aromatic carbocycles. The van der Waals surface area contributed by atoms with Gasteiger partial charge in [0.1, 0.15) is 0 Å². The Morgan fingerprint density at radius 1 is 1.40 bits per heavy atom. The summed E-state index contributed by atoms with van der Waals surface area (Å²) in [7, 11) is 1.65. The number of nitrogens with one attached hydrogen (secondary N) is 2. The lowest BCUT2D eigenvalue weighted by Gasteiger charge is -2.31. The normalized spacial score (nSPS) is 19.9. The zero-order valence-electron chi connectivity index (χ0n) is 9.46. The number of hydrogen-bond donors (Lipinski definition) is 3. The van der Waals surface area contributed by atoms with E-state index in [0.717, 1.165) is 13.1 Å². The van der Waals surface area contributed by atoms with E-state index in [1.165, 1.54) is 19.3 Å². The molecule has 1 atom stereocenters. The second-order valence-corrected chi connectivity index (χ2v) is 3.99. The first kappa shape index (κ1) is 12.4. The van der Waals surface area contributed by atoms with Gasteiger partial charge < -0.3 is 11.1 Å². The maximum absolute atomic E-state index is 11.2. The van der Waals surface area contributed by atoms with Crippen molar-refractivity contribution in [1.29, 1.82) is 0 Å². The summed E-state index contributed by atoms with van der Waals surface area (Å²) in [6, 6.07) is 0.0584. The summed E-state index contributed by atoms with van der Waals surface area (Å²) in [6.07, 6.45) is 4.21. The average molecular weight is 214 g/mol. The Balaban J connectivity index is 2.28. The van der Waals surface area contributed by atoms with Gasteiger partial charge in [-0.25, -0.2) is 5.01 Å². The summed E-state index contributed by atoms with van der Waals surface area (Å²) in [5, 5.41) is 4.80. The van der Waals surface area contributed by atoms with Crippen LogP contribution in [0.4, 0.5) is 0 Å². The zero-order chi connectivity index (χ0) is 11.1. The molecule has 1 aliphatic rings. The molecule has 0 aliphatic carbocycles. The maximum atomic E-state index is 11.2. The van der Waals surface area contributed by atoms with E-state index < -0.39 is 0 Å². The van der Waals surface area contributed by atoms with Gasteiger partial charge in [0.2, 0.25) is 5.91 Å². The van der Waals surface area contributed by atoms with Crippen LogP contribution in [0.3, 0.4) is 0 Å². The van der Waals surface area contributed by atoms with E-state index in [2.05, 4.69) is 15.8 Å². The van der Waals surface area contributed by atoms with Crippen molar-refractivity contribution in [2.45, 2.75) is 31.7 Å². The molecule has 5 heteroatoms. The molecule has 1 aliphatic heterocycles. The van der Waals surface area contributed by atoms with Crippen LogP contribution >= 0.6 is 0 Å². The maximum Gasteiger partial charge on any atom is 0.221 e. The number of amides is 1. The lowest BCUT2D eigenvalue weighted by atomic mass is 10.1. The van der Waals surface area contributed by atoms with Crippen LogP contribution < -0.4 is 16.5 Å². The molecule has 1 rings (SSSR count). The number of hydrogen-bond acceptors (Lipinski definition) is 4. The van der Waals surface area contributed by atoms with E-state index in [9.17, 15) is 4.79 Å². The highest BCUT2D eigenvalue weighted by molar-refractivity contribution is 5.76. The fraction of sp³-hybridized carbons (Fsp3) is 0.900. The molecule has 88 valence electrons. The topological polar surface area (TPSA) is 70.4 Å². The van der Waals surface area contributed by atoms with E-state index in [1.54, 1.807) is 7.05 Å². The molecule has 0 spiro atoms. The second-order valence-electron chi connectivity index (χ2n) is 3.99. The molecule has 0 aromatic rings. The molecule has 1 fully saturated rings. The van der Waals surface area contributed by atoms with E-state index in [0.29, 0.717) is 13.0 Å². The van der Waals surface area contributed by atoms with Gasteiger partial charge in [0.25, 0.3) is 0 Å². The van der Waals surface area contributed by atoms with Crippen LogP contribution in [0.25, 0.3) is 0 Å². The highest BCUT2D eigenvalue weighted by Gasteiger charge is 2.16. The highest BCUT2D eigenvalue weighted by atomic mass is 16.1. The van der Waals surface area contributed by atoms with Gasteiger partial charge in [-0.2, -0.15) is 0 Å². The standard InChI is InChI=1S/C10H22N4O/c1-12-10(15)7-9(8-11)13-14-5-3-2-4-6-14/h9,13H,2-8,11H2,1H3,(H,12,15). The van der Waals surface area contributed by atoms with E-state index >= 15 is 0 Å². The molecule has 15 heavy (non-hydrogen) atoms. The van der Waals surface area contributed by atoms with Gasteiger partial charge in [0.05, 0.1) is 0 Å². The highest BCUT2D eigenvalue weighted by Crippen LogP contribution is 2.06. The third-order valence-electron chi connectivity index (χ3n) is 2.72. The molecule has 0 radical (unpaired) electrons. The van der Waals surface area contributed by atoms with Gasteiger partial charge in [0, 0.05) is 39.1 Å². The Morgan fingerprint density at radius 2 is 2.07 bits per heavy atom. The van der Waals surface area contributed by atoms with Crippen LogP contribution in [0.5, 0.6) is 0 Å². The minimum absolute atomic E-state index is 0.0370. The number of carbonyl (C=O) groups excluding carboxylic acids is 1. The fourth-order valence-corrected chi connectivity index (χ4v) is 1.79. The van der Waals surface area contributed by atoms with E-state index in [-0.39, 0.29) is 11.9 Å². The zero-order valence-corrected chi connectivity index (χ0v) is 9.46. The van der Waals surface area contributed by atoms with Gasteiger partial charge in [-0.15, -0.1) is 0 Å². The van der Waals surface area contributed by atoms with Crippen molar-refractivity contribution in [1.82, 2.24) is 15.8 Å². The monoisotopic (exact) mass is 214 g/mol. The van der Waals surface area contributed by atoms with Crippen molar-refractivity contribution in [3.8, 4) is 0 Å². The van der Waals surface area contributed by atoms with Gasteiger partial charge in [-0.05, 0) is 12.8 Å². The molecule has 5 nitrogen and oxygen atoms in total. The second kappa shape index (κ2) is 6.76. The SMILES string of the molecule is CNC(=O)CC(CN)NN1CCCCC1. The van der Waals surface area contributed by atoms with E-state index in [1.807, 2.05) is 0 Å². The summed E-state index contributed by atoms with van der Waals surface area (Å²) in [6.45, 7) is 2.61. The molecule has 0 aromatic heterocycles. The molecule has 0 bridgehead atoms. The van der Waals surface area contributed by atoms with Crippen molar-refractivity contribution in [2.75, 3.05) is 26.7 Å². The quantitative estimate of drug-likeness (QED) is 0.574. The molecular formula is C10H22N4O. The van der Waals surface area contributed by atoms with Crippen molar-refractivity contribution >= 4 is 5.91 Å². The smallest absolute Gasteiger partial charge is 0.221 e. The van der Waals surface area contributed by atoms with Crippen LogP contribution in [-0.4, -0.2) is 43.6 Å². The molecule has 1 saturated heterocycles.